The molecular formula is C2HClO3S. The molecule has 0 heterocycles. The molecule has 0 bridgehead atoms. The normalized spacial score (nSPS) is 7.57. The van der Waals surface area contributed by atoms with Crippen LogP contribution in [0.1, 0.15) is 0 Å². The highest BCUT2D eigenvalue weighted by Gasteiger charge is 1.96. The van der Waals surface area contributed by atoms with Gasteiger partial charge in [0.05, 0.1) is 0 Å². The third kappa shape index (κ3) is 5.65. The van der Waals surface area contributed by atoms with Gasteiger partial charge in [-0.15, -0.1) is 0 Å². The van der Waals surface area contributed by atoms with Crippen LogP contribution in [-0.2, 0) is 4.74 Å². The van der Waals surface area contributed by atoms with Crippen molar-refractivity contribution in [1.29, 1.82) is 0 Å². The summed E-state index contributed by atoms with van der Waals surface area (Å²) in [6.07, 6.45) is -1.49. The minimum absolute atomic E-state index is 0.507. The molecule has 0 aromatic carbocycles. The number of thiocarbonyl (C=S) groups is 1. The third-order valence-electron chi connectivity index (χ3n) is 0.168. The molecule has 3 nitrogen and oxygen atoms in total. The molecule has 0 radical (unpaired) electrons. The van der Waals surface area contributed by atoms with Crippen LogP contribution in [-0.4, -0.2) is 15.8 Å². The number of halogens is 1. The highest BCUT2D eigenvalue weighted by atomic mass is 35.5. The number of carbonyl (C=O) groups is 1. The third-order valence-corrected chi connectivity index (χ3v) is 0.328. The van der Waals surface area contributed by atoms with Gasteiger partial charge in [-0.1, -0.05) is 0 Å². The molecule has 0 atom stereocenters. The van der Waals surface area contributed by atoms with Crippen molar-refractivity contribution in [1.82, 2.24) is 0 Å². The fraction of sp³-hybridized carbons (Fsp3) is 0. The molecule has 0 aromatic heterocycles. The van der Waals surface area contributed by atoms with Gasteiger partial charge >= 0.3 is 6.16 Å². The molecule has 0 aliphatic heterocycles. The maximum Gasteiger partial charge on any atom is 0.512 e. The van der Waals surface area contributed by atoms with Gasteiger partial charge in [0, 0.05) is 0 Å². The summed E-state index contributed by atoms with van der Waals surface area (Å²) in [5.41, 5.74) is 0. The Bertz CT molecular complexity index is 89.1. The van der Waals surface area contributed by atoms with Gasteiger partial charge in [-0.05, 0) is 23.8 Å². The average molecular weight is 141 g/mol. The van der Waals surface area contributed by atoms with Crippen molar-refractivity contribution in [3.8, 4) is 0 Å². The second kappa shape index (κ2) is 2.76. The molecular weight excluding hydrogens is 140 g/mol. The molecule has 7 heavy (non-hydrogen) atoms. The molecule has 1 N–H and O–H groups in total. The van der Waals surface area contributed by atoms with Crippen molar-refractivity contribution in [3.63, 3.8) is 0 Å². The van der Waals surface area contributed by atoms with Crippen molar-refractivity contribution in [2.75, 3.05) is 0 Å². The van der Waals surface area contributed by atoms with Crippen molar-refractivity contribution >= 4 is 34.5 Å². The summed E-state index contributed by atoms with van der Waals surface area (Å²) in [6, 6.07) is 0. The SMILES string of the molecule is O=C(O)OC(=S)Cl. The molecule has 0 amide bonds. The Labute approximate surface area is 49.8 Å². The zero-order valence-electron chi connectivity index (χ0n) is 3.05. The fourth-order valence-corrected chi connectivity index (χ4v) is 0.206. The molecule has 0 saturated heterocycles. The van der Waals surface area contributed by atoms with Crippen LogP contribution < -0.4 is 0 Å². The first-order chi connectivity index (χ1) is 3.13. The van der Waals surface area contributed by atoms with Gasteiger partial charge in [-0.25, -0.2) is 4.79 Å². The molecule has 0 unspecified atom stereocenters. The molecule has 40 valence electrons. The van der Waals surface area contributed by atoms with Crippen LogP contribution >= 0.6 is 23.8 Å². The Morgan fingerprint density at radius 1 is 1.86 bits per heavy atom. The molecule has 0 spiro atoms. The van der Waals surface area contributed by atoms with E-state index in [1.54, 1.807) is 0 Å². The predicted molar refractivity (Wildman–Crippen MR) is 27.6 cm³/mol. The van der Waals surface area contributed by atoms with Gasteiger partial charge in [0.15, 0.2) is 0 Å². The van der Waals surface area contributed by atoms with Crippen molar-refractivity contribution in [2.24, 2.45) is 0 Å². The number of hydrogen-bond donors (Lipinski definition) is 1. The van der Waals surface area contributed by atoms with E-state index in [2.05, 4.69) is 17.0 Å². The van der Waals surface area contributed by atoms with Gasteiger partial charge < -0.3 is 9.84 Å². The van der Waals surface area contributed by atoms with Crippen molar-refractivity contribution < 1.29 is 14.6 Å². The quantitative estimate of drug-likeness (QED) is 0.312. The summed E-state index contributed by atoms with van der Waals surface area (Å²) in [4.78, 5) is 9.42. The summed E-state index contributed by atoms with van der Waals surface area (Å²) >= 11 is 8.84. The van der Waals surface area contributed by atoms with Gasteiger partial charge in [-0.3, -0.25) is 0 Å². The van der Waals surface area contributed by atoms with E-state index in [9.17, 15) is 4.79 Å². The summed E-state index contributed by atoms with van der Waals surface area (Å²) in [7, 11) is 0. The first kappa shape index (κ1) is 6.65. The predicted octanol–water partition coefficient (Wildman–Crippen LogP) is 1.20. The van der Waals surface area contributed by atoms with E-state index in [0.717, 1.165) is 0 Å². The van der Waals surface area contributed by atoms with Gasteiger partial charge in [0.25, 0.3) is 4.51 Å². The van der Waals surface area contributed by atoms with E-state index >= 15 is 0 Å². The second-order valence-corrected chi connectivity index (χ2v) is 1.54. The smallest absolute Gasteiger partial charge is 0.449 e. The first-order valence-corrected chi connectivity index (χ1v) is 2.02. The summed E-state index contributed by atoms with van der Waals surface area (Å²) < 4.78 is 3.16. The summed E-state index contributed by atoms with van der Waals surface area (Å²) in [5, 5.41) is 7.69. The van der Waals surface area contributed by atoms with Crippen LogP contribution in [0.5, 0.6) is 0 Å². The number of ether oxygens (including phenoxy) is 1. The minimum atomic E-state index is -1.49. The van der Waals surface area contributed by atoms with Crippen LogP contribution in [0, 0.1) is 0 Å². The van der Waals surface area contributed by atoms with Gasteiger partial charge in [0.2, 0.25) is 0 Å². The van der Waals surface area contributed by atoms with Crippen LogP contribution in [0.4, 0.5) is 4.79 Å². The van der Waals surface area contributed by atoms with E-state index in [1.807, 2.05) is 0 Å². The van der Waals surface area contributed by atoms with Gasteiger partial charge in [0.1, 0.15) is 0 Å². The standard InChI is InChI=1S/C2HClO3S/c3-1(7)6-2(4)5/h(H,4,5). The Balaban J connectivity index is 3.32. The van der Waals surface area contributed by atoms with E-state index < -0.39 is 10.7 Å². The Kier molecular flexibility index (Phi) is 2.62. The molecule has 5 heteroatoms. The lowest BCUT2D eigenvalue weighted by Gasteiger charge is -1.86. The van der Waals surface area contributed by atoms with Crippen LogP contribution in [0.3, 0.4) is 0 Å². The maximum absolute atomic E-state index is 9.42. The van der Waals surface area contributed by atoms with Crippen LogP contribution in [0.2, 0.25) is 0 Å². The van der Waals surface area contributed by atoms with E-state index in [-0.39, 0.29) is 0 Å². The lowest BCUT2D eigenvalue weighted by atomic mass is 11.4. The van der Waals surface area contributed by atoms with Crippen molar-refractivity contribution in [3.05, 3.63) is 0 Å². The van der Waals surface area contributed by atoms with E-state index in [4.69, 9.17) is 16.7 Å². The fourth-order valence-electron chi connectivity index (χ4n) is 0.0686. The second-order valence-electron chi connectivity index (χ2n) is 0.606. The van der Waals surface area contributed by atoms with Gasteiger partial charge in [-0.2, -0.15) is 0 Å². The molecule has 0 saturated carbocycles. The summed E-state index contributed by atoms with van der Waals surface area (Å²) in [5.74, 6) is 0. The van der Waals surface area contributed by atoms with Crippen LogP contribution in [0.15, 0.2) is 0 Å². The highest BCUT2D eigenvalue weighted by molar-refractivity contribution is 7.82. The molecule has 0 fully saturated rings. The largest absolute Gasteiger partial charge is 0.512 e. The molecule has 0 aliphatic rings. The average Bonchev–Trinajstić information content (AvgIpc) is 1.27. The Morgan fingerprint density at radius 2 is 2.29 bits per heavy atom. The first-order valence-electron chi connectivity index (χ1n) is 1.23. The topological polar surface area (TPSA) is 46.5 Å². The molecule has 0 aromatic rings. The number of carboxylic acid groups (broad SMARTS) is 1. The lowest BCUT2D eigenvalue weighted by Crippen LogP contribution is -2.00. The van der Waals surface area contributed by atoms with Crippen LogP contribution in [0.25, 0.3) is 0 Å². The lowest BCUT2D eigenvalue weighted by molar-refractivity contribution is 0.143. The molecule has 0 aliphatic carbocycles. The Hall–Kier alpha value is -0.350. The minimum Gasteiger partial charge on any atom is -0.449 e. The summed E-state index contributed by atoms with van der Waals surface area (Å²) in [6.45, 7) is 0. The van der Waals surface area contributed by atoms with E-state index in [1.165, 1.54) is 0 Å². The monoisotopic (exact) mass is 140 g/mol. The highest BCUT2D eigenvalue weighted by Crippen LogP contribution is 1.86. The zero-order chi connectivity index (χ0) is 5.86. The Morgan fingerprint density at radius 3 is 2.29 bits per heavy atom. The van der Waals surface area contributed by atoms with E-state index in [0.29, 0.717) is 0 Å². The van der Waals surface area contributed by atoms with Crippen molar-refractivity contribution in [2.45, 2.75) is 0 Å². The maximum atomic E-state index is 9.42. The molecule has 0 rings (SSSR count). The number of rotatable bonds is 0. The number of hydrogen-bond acceptors (Lipinski definition) is 3. The zero-order valence-corrected chi connectivity index (χ0v) is 4.62.